The number of rotatable bonds is 2. The molecule has 2 fully saturated rings. The molecule has 1 heterocycles. The minimum absolute atomic E-state index is 0.00195. The van der Waals surface area contributed by atoms with E-state index in [4.69, 9.17) is 5.73 Å². The van der Waals surface area contributed by atoms with Crippen LogP contribution < -0.4 is 11.1 Å². The van der Waals surface area contributed by atoms with Crippen LogP contribution in [0.2, 0.25) is 0 Å². The lowest BCUT2D eigenvalue weighted by Crippen LogP contribution is -2.65. The first-order valence-electron chi connectivity index (χ1n) is 5.99. The number of hydrogen-bond donors (Lipinski definition) is 2. The molecular formula is C11H20N2O3S. The van der Waals surface area contributed by atoms with Crippen LogP contribution in [0.25, 0.3) is 0 Å². The number of nitrogens with one attached hydrogen (secondary N) is 1. The van der Waals surface area contributed by atoms with Gasteiger partial charge in [0.1, 0.15) is 0 Å². The smallest absolute Gasteiger partial charge is 0.224 e. The number of carbonyl (C=O) groups excluding carboxylic acids is 1. The monoisotopic (exact) mass is 260 g/mol. The van der Waals surface area contributed by atoms with Gasteiger partial charge < -0.3 is 11.1 Å². The summed E-state index contributed by atoms with van der Waals surface area (Å²) >= 11 is 0. The first-order chi connectivity index (χ1) is 7.72. The molecule has 3 atom stereocenters. The van der Waals surface area contributed by atoms with E-state index in [0.717, 1.165) is 6.42 Å². The summed E-state index contributed by atoms with van der Waals surface area (Å²) in [5.74, 6) is -0.361. The predicted molar refractivity (Wildman–Crippen MR) is 65.1 cm³/mol. The van der Waals surface area contributed by atoms with Gasteiger partial charge in [-0.2, -0.15) is 0 Å². The van der Waals surface area contributed by atoms with Crippen LogP contribution in [0.5, 0.6) is 0 Å². The third-order valence-electron chi connectivity index (χ3n) is 4.26. The standard InChI is InChI=1S/C11H20N2O3S/c1-11(2)8(12)5-9(11)13-10(14)7-3-4-17(15,16)6-7/h7-9H,3-6,12H2,1-2H3,(H,13,14). The highest BCUT2D eigenvalue weighted by Gasteiger charge is 2.47. The van der Waals surface area contributed by atoms with Gasteiger partial charge in [0.15, 0.2) is 9.84 Å². The van der Waals surface area contributed by atoms with Crippen molar-refractivity contribution in [2.45, 2.75) is 38.8 Å². The Hall–Kier alpha value is -0.620. The Morgan fingerprint density at radius 1 is 1.41 bits per heavy atom. The zero-order chi connectivity index (χ0) is 12.8. The molecule has 0 bridgehead atoms. The number of sulfone groups is 1. The second kappa shape index (κ2) is 3.95. The lowest BCUT2D eigenvalue weighted by Gasteiger charge is -2.50. The van der Waals surface area contributed by atoms with Crippen molar-refractivity contribution >= 4 is 15.7 Å². The fraction of sp³-hybridized carbons (Fsp3) is 0.909. The average Bonchev–Trinajstić information content (AvgIpc) is 2.58. The normalized spacial score (nSPS) is 38.4. The SMILES string of the molecule is CC1(C)C(N)CC1NC(=O)C1CCS(=O)(=O)C1. The van der Waals surface area contributed by atoms with Crippen molar-refractivity contribution in [3.8, 4) is 0 Å². The van der Waals surface area contributed by atoms with Gasteiger partial charge in [0.2, 0.25) is 5.91 Å². The van der Waals surface area contributed by atoms with E-state index >= 15 is 0 Å². The maximum atomic E-state index is 11.9. The summed E-state index contributed by atoms with van der Waals surface area (Å²) < 4.78 is 22.6. The van der Waals surface area contributed by atoms with Crippen molar-refractivity contribution in [1.82, 2.24) is 5.32 Å². The first-order valence-corrected chi connectivity index (χ1v) is 7.81. The third kappa shape index (κ3) is 2.33. The maximum Gasteiger partial charge on any atom is 0.224 e. The van der Waals surface area contributed by atoms with Crippen molar-refractivity contribution in [1.29, 1.82) is 0 Å². The van der Waals surface area contributed by atoms with Crippen LogP contribution in [0, 0.1) is 11.3 Å². The molecule has 17 heavy (non-hydrogen) atoms. The minimum atomic E-state index is -2.99. The molecule has 2 rings (SSSR count). The first kappa shape index (κ1) is 12.8. The molecule has 0 aromatic carbocycles. The van der Waals surface area contributed by atoms with E-state index < -0.39 is 9.84 Å². The van der Waals surface area contributed by atoms with E-state index in [-0.39, 0.29) is 40.8 Å². The Morgan fingerprint density at radius 2 is 2.06 bits per heavy atom. The van der Waals surface area contributed by atoms with Gasteiger partial charge in [-0.1, -0.05) is 13.8 Å². The van der Waals surface area contributed by atoms with Gasteiger partial charge in [-0.25, -0.2) is 8.42 Å². The van der Waals surface area contributed by atoms with E-state index in [1.54, 1.807) is 0 Å². The Bertz CT molecular complexity index is 430. The number of nitrogens with two attached hydrogens (primary N) is 1. The number of carbonyl (C=O) groups is 1. The fourth-order valence-electron chi connectivity index (χ4n) is 2.50. The molecule has 1 aliphatic heterocycles. The molecule has 1 saturated heterocycles. The zero-order valence-electron chi connectivity index (χ0n) is 10.3. The maximum absolute atomic E-state index is 11.9. The van der Waals surface area contributed by atoms with Gasteiger partial charge in [-0.05, 0) is 12.8 Å². The second-order valence-corrected chi connectivity index (χ2v) is 8.05. The Labute approximate surface area is 102 Å². The van der Waals surface area contributed by atoms with Crippen LogP contribution >= 0.6 is 0 Å². The van der Waals surface area contributed by atoms with Crippen molar-refractivity contribution in [2.75, 3.05) is 11.5 Å². The van der Waals surface area contributed by atoms with Crippen molar-refractivity contribution in [3.05, 3.63) is 0 Å². The number of hydrogen-bond acceptors (Lipinski definition) is 4. The molecule has 3 N–H and O–H groups in total. The van der Waals surface area contributed by atoms with Gasteiger partial charge in [0, 0.05) is 17.5 Å². The third-order valence-corrected chi connectivity index (χ3v) is 6.03. The molecule has 6 heteroatoms. The van der Waals surface area contributed by atoms with Gasteiger partial charge >= 0.3 is 0 Å². The molecule has 0 radical (unpaired) electrons. The minimum Gasteiger partial charge on any atom is -0.352 e. The van der Waals surface area contributed by atoms with E-state index in [0.29, 0.717) is 6.42 Å². The highest BCUT2D eigenvalue weighted by atomic mass is 32.2. The van der Waals surface area contributed by atoms with Crippen LogP contribution in [0.15, 0.2) is 0 Å². The van der Waals surface area contributed by atoms with Crippen LogP contribution in [0.1, 0.15) is 26.7 Å². The van der Waals surface area contributed by atoms with Gasteiger partial charge in [0.05, 0.1) is 17.4 Å². The molecule has 2 aliphatic rings. The van der Waals surface area contributed by atoms with Gasteiger partial charge in [-0.3, -0.25) is 4.79 Å². The molecule has 3 unspecified atom stereocenters. The van der Waals surface area contributed by atoms with Crippen molar-refractivity contribution in [3.63, 3.8) is 0 Å². The van der Waals surface area contributed by atoms with E-state index in [1.165, 1.54) is 0 Å². The molecule has 0 aromatic heterocycles. The van der Waals surface area contributed by atoms with E-state index in [1.807, 2.05) is 13.8 Å². The van der Waals surface area contributed by atoms with Crippen LogP contribution in [-0.2, 0) is 14.6 Å². The Morgan fingerprint density at radius 3 is 2.47 bits per heavy atom. The second-order valence-electron chi connectivity index (χ2n) is 5.82. The summed E-state index contributed by atoms with van der Waals surface area (Å²) in [6, 6.07) is 0.188. The Kier molecular flexibility index (Phi) is 2.98. The fourth-order valence-corrected chi connectivity index (χ4v) is 4.24. The van der Waals surface area contributed by atoms with Gasteiger partial charge in [0.25, 0.3) is 0 Å². The molecule has 1 amide bonds. The highest BCUT2D eigenvalue weighted by Crippen LogP contribution is 2.39. The topological polar surface area (TPSA) is 89.3 Å². The Balaban J connectivity index is 1.91. The quantitative estimate of drug-likeness (QED) is 0.711. The van der Waals surface area contributed by atoms with Gasteiger partial charge in [-0.15, -0.1) is 0 Å². The zero-order valence-corrected chi connectivity index (χ0v) is 11.1. The molecule has 5 nitrogen and oxygen atoms in total. The summed E-state index contributed by atoms with van der Waals surface area (Å²) in [4.78, 5) is 11.9. The number of amides is 1. The largest absolute Gasteiger partial charge is 0.352 e. The van der Waals surface area contributed by atoms with Crippen LogP contribution in [0.3, 0.4) is 0 Å². The van der Waals surface area contributed by atoms with E-state index in [2.05, 4.69) is 5.32 Å². The summed E-state index contributed by atoms with van der Waals surface area (Å²) in [6.45, 7) is 4.05. The predicted octanol–water partition coefficient (Wildman–Crippen LogP) is -0.337. The lowest BCUT2D eigenvalue weighted by molar-refractivity contribution is -0.127. The molecular weight excluding hydrogens is 240 g/mol. The van der Waals surface area contributed by atoms with Crippen molar-refractivity contribution < 1.29 is 13.2 Å². The molecule has 98 valence electrons. The average molecular weight is 260 g/mol. The van der Waals surface area contributed by atoms with Crippen molar-refractivity contribution in [2.24, 2.45) is 17.1 Å². The molecule has 0 spiro atoms. The van der Waals surface area contributed by atoms with E-state index in [9.17, 15) is 13.2 Å². The molecule has 1 saturated carbocycles. The summed E-state index contributed by atoms with van der Waals surface area (Å²) in [5, 5.41) is 2.93. The van der Waals surface area contributed by atoms with Crippen LogP contribution in [0.4, 0.5) is 0 Å². The molecule has 0 aromatic rings. The molecule has 1 aliphatic carbocycles. The summed E-state index contributed by atoms with van der Waals surface area (Å²) in [5.41, 5.74) is 5.78. The summed E-state index contributed by atoms with van der Waals surface area (Å²) in [6.07, 6.45) is 1.23. The lowest BCUT2D eigenvalue weighted by atomic mass is 9.63. The summed E-state index contributed by atoms with van der Waals surface area (Å²) in [7, 11) is -2.99. The van der Waals surface area contributed by atoms with Crippen LogP contribution in [-0.4, -0.2) is 37.9 Å². The highest BCUT2D eigenvalue weighted by molar-refractivity contribution is 7.91.